The SMILES string of the molecule is O=C(O)c1c(NS(=O)(=O)c2ccc(F)cc2Br)c(F)cc2c1OCC1CC21. The molecule has 0 spiro atoms. The number of nitrogens with one attached hydrogen (secondary N) is 1. The molecule has 27 heavy (non-hydrogen) atoms. The van der Waals surface area contributed by atoms with E-state index in [9.17, 15) is 27.1 Å². The number of carboxylic acids is 1. The van der Waals surface area contributed by atoms with Gasteiger partial charge in [0.2, 0.25) is 0 Å². The molecule has 4 rings (SSSR count). The fourth-order valence-electron chi connectivity index (χ4n) is 3.27. The van der Waals surface area contributed by atoms with Crippen molar-refractivity contribution in [2.75, 3.05) is 11.3 Å². The summed E-state index contributed by atoms with van der Waals surface area (Å²) >= 11 is 2.94. The molecule has 1 aliphatic carbocycles. The van der Waals surface area contributed by atoms with Crippen LogP contribution in [0.4, 0.5) is 14.5 Å². The molecule has 1 heterocycles. The van der Waals surface area contributed by atoms with Crippen molar-refractivity contribution in [2.24, 2.45) is 5.92 Å². The van der Waals surface area contributed by atoms with E-state index in [1.165, 1.54) is 0 Å². The summed E-state index contributed by atoms with van der Waals surface area (Å²) in [6.45, 7) is 0.305. The number of sulfonamides is 1. The van der Waals surface area contributed by atoms with Gasteiger partial charge < -0.3 is 9.84 Å². The summed E-state index contributed by atoms with van der Waals surface area (Å²) in [5, 5.41) is 9.56. The van der Waals surface area contributed by atoms with Crippen LogP contribution >= 0.6 is 15.9 Å². The van der Waals surface area contributed by atoms with Gasteiger partial charge in [-0.2, -0.15) is 0 Å². The van der Waals surface area contributed by atoms with Crippen LogP contribution in [0.5, 0.6) is 5.75 Å². The summed E-state index contributed by atoms with van der Waals surface area (Å²) < 4.78 is 60.6. The van der Waals surface area contributed by atoms with Gasteiger partial charge in [0.1, 0.15) is 33.5 Å². The first-order chi connectivity index (χ1) is 12.7. The fourth-order valence-corrected chi connectivity index (χ4v) is 5.40. The molecule has 0 aromatic heterocycles. The lowest BCUT2D eigenvalue weighted by molar-refractivity contribution is 0.0691. The Morgan fingerprint density at radius 3 is 2.70 bits per heavy atom. The van der Waals surface area contributed by atoms with Gasteiger partial charge >= 0.3 is 5.97 Å². The Balaban J connectivity index is 1.83. The predicted octanol–water partition coefficient (Wildman–Crippen LogP) is 3.72. The van der Waals surface area contributed by atoms with Crippen LogP contribution in [0.1, 0.15) is 28.3 Å². The fraction of sp³-hybridized carbons (Fsp3) is 0.235. The van der Waals surface area contributed by atoms with E-state index in [4.69, 9.17) is 4.74 Å². The minimum Gasteiger partial charge on any atom is -0.492 e. The van der Waals surface area contributed by atoms with E-state index in [2.05, 4.69) is 15.9 Å². The van der Waals surface area contributed by atoms with Gasteiger partial charge in [0.05, 0.1) is 6.61 Å². The van der Waals surface area contributed by atoms with Gasteiger partial charge in [-0.25, -0.2) is 22.0 Å². The molecule has 2 unspecified atom stereocenters. The van der Waals surface area contributed by atoms with Crippen molar-refractivity contribution in [2.45, 2.75) is 17.2 Å². The number of hydrogen-bond acceptors (Lipinski definition) is 4. The van der Waals surface area contributed by atoms with Crippen molar-refractivity contribution in [3.05, 3.63) is 51.5 Å². The molecule has 10 heteroatoms. The van der Waals surface area contributed by atoms with E-state index in [0.29, 0.717) is 12.2 Å². The van der Waals surface area contributed by atoms with Crippen LogP contribution in [0.15, 0.2) is 33.6 Å². The molecule has 0 amide bonds. The zero-order chi connectivity index (χ0) is 19.5. The van der Waals surface area contributed by atoms with Crippen LogP contribution in [0.2, 0.25) is 0 Å². The van der Waals surface area contributed by atoms with Crippen LogP contribution in [0.3, 0.4) is 0 Å². The first-order valence-electron chi connectivity index (χ1n) is 7.89. The van der Waals surface area contributed by atoms with Crippen molar-refractivity contribution in [3.8, 4) is 5.75 Å². The average molecular weight is 460 g/mol. The molecule has 1 aliphatic heterocycles. The van der Waals surface area contributed by atoms with Gasteiger partial charge in [-0.05, 0) is 52.5 Å². The van der Waals surface area contributed by atoms with Crippen LogP contribution in [0, 0.1) is 17.6 Å². The van der Waals surface area contributed by atoms with E-state index in [0.717, 1.165) is 30.7 Å². The highest BCUT2D eigenvalue weighted by Crippen LogP contribution is 2.55. The summed E-state index contributed by atoms with van der Waals surface area (Å²) in [5.41, 5.74) is -0.846. The van der Waals surface area contributed by atoms with Crippen molar-refractivity contribution in [1.82, 2.24) is 0 Å². The normalized spacial score (nSPS) is 20.3. The third-order valence-corrected chi connectivity index (χ3v) is 6.98. The summed E-state index contributed by atoms with van der Waals surface area (Å²) in [5.74, 6) is -2.95. The van der Waals surface area contributed by atoms with Crippen LogP contribution in [0.25, 0.3) is 0 Å². The maximum absolute atomic E-state index is 14.7. The van der Waals surface area contributed by atoms with Gasteiger partial charge in [-0.3, -0.25) is 4.72 Å². The Morgan fingerprint density at radius 2 is 2.04 bits per heavy atom. The van der Waals surface area contributed by atoms with E-state index in [1.807, 2.05) is 4.72 Å². The van der Waals surface area contributed by atoms with E-state index >= 15 is 0 Å². The largest absolute Gasteiger partial charge is 0.492 e. The highest BCUT2D eigenvalue weighted by Gasteiger charge is 2.46. The number of halogens is 3. The number of benzene rings is 2. The molecule has 2 N–H and O–H groups in total. The lowest BCUT2D eigenvalue weighted by atomic mass is 10.00. The molecular weight excluding hydrogens is 448 g/mol. The number of anilines is 1. The van der Waals surface area contributed by atoms with Crippen LogP contribution in [-0.2, 0) is 10.0 Å². The molecule has 0 saturated heterocycles. The minimum atomic E-state index is -4.39. The van der Waals surface area contributed by atoms with Crippen LogP contribution in [-0.4, -0.2) is 26.1 Å². The topological polar surface area (TPSA) is 92.7 Å². The Kier molecular flexibility index (Phi) is 4.15. The summed E-state index contributed by atoms with van der Waals surface area (Å²) in [7, 11) is -4.39. The Labute approximate surface area is 161 Å². The third kappa shape index (κ3) is 3.06. The maximum Gasteiger partial charge on any atom is 0.341 e. The molecular formula is C17H12BrF2NO5S. The van der Waals surface area contributed by atoms with Gasteiger partial charge in [0, 0.05) is 16.0 Å². The molecule has 0 bridgehead atoms. The van der Waals surface area contributed by atoms with Crippen LogP contribution < -0.4 is 9.46 Å². The van der Waals surface area contributed by atoms with E-state index in [1.54, 1.807) is 0 Å². The zero-order valence-corrected chi connectivity index (χ0v) is 15.9. The first-order valence-corrected chi connectivity index (χ1v) is 10.2. The summed E-state index contributed by atoms with van der Waals surface area (Å²) in [4.78, 5) is 11.4. The number of carboxylic acid groups (broad SMARTS) is 1. The van der Waals surface area contributed by atoms with Gasteiger partial charge in [0.15, 0.2) is 0 Å². The Hall–Kier alpha value is -2.20. The standard InChI is InChI=1S/C17H12BrF2NO5S/c18-11-4-8(19)1-2-13(11)27(24,25)21-15-12(20)5-10-9-3-7(9)6-26-16(10)14(15)17(22)23/h1-2,4-5,7,9,21H,3,6H2,(H,22,23). The van der Waals surface area contributed by atoms with Crippen molar-refractivity contribution in [3.63, 3.8) is 0 Å². The zero-order valence-electron chi connectivity index (χ0n) is 13.5. The lowest BCUT2D eigenvalue weighted by Gasteiger charge is -2.22. The first kappa shape index (κ1) is 18.2. The molecule has 2 aliphatic rings. The smallest absolute Gasteiger partial charge is 0.341 e. The average Bonchev–Trinajstić information content (AvgIpc) is 3.34. The van der Waals surface area contributed by atoms with Crippen molar-refractivity contribution < 1.29 is 31.8 Å². The Bertz CT molecular complexity index is 1090. The number of ether oxygens (including phenoxy) is 1. The van der Waals surface area contributed by atoms with Gasteiger partial charge in [-0.1, -0.05) is 0 Å². The molecule has 2 aromatic rings. The van der Waals surface area contributed by atoms with E-state index in [-0.39, 0.29) is 27.0 Å². The minimum absolute atomic E-state index is 0.0153. The number of carbonyl (C=O) groups is 1. The number of rotatable bonds is 4. The molecule has 0 radical (unpaired) electrons. The number of aromatic carboxylic acids is 1. The second kappa shape index (κ2) is 6.16. The second-order valence-electron chi connectivity index (χ2n) is 6.43. The van der Waals surface area contributed by atoms with Gasteiger partial charge in [0.25, 0.3) is 10.0 Å². The predicted molar refractivity (Wildman–Crippen MR) is 94.6 cm³/mol. The highest BCUT2D eigenvalue weighted by atomic mass is 79.9. The monoisotopic (exact) mass is 459 g/mol. The quantitative estimate of drug-likeness (QED) is 0.726. The van der Waals surface area contributed by atoms with Crippen molar-refractivity contribution in [1.29, 1.82) is 0 Å². The summed E-state index contributed by atoms with van der Waals surface area (Å²) in [6, 6.07) is 3.97. The molecule has 6 nitrogen and oxygen atoms in total. The molecule has 2 aromatic carbocycles. The van der Waals surface area contributed by atoms with Crippen molar-refractivity contribution >= 4 is 37.6 Å². The lowest BCUT2D eigenvalue weighted by Crippen LogP contribution is -2.20. The van der Waals surface area contributed by atoms with Gasteiger partial charge in [-0.15, -0.1) is 0 Å². The Morgan fingerprint density at radius 1 is 1.30 bits per heavy atom. The third-order valence-electron chi connectivity index (χ3n) is 4.66. The number of hydrogen-bond donors (Lipinski definition) is 2. The highest BCUT2D eigenvalue weighted by molar-refractivity contribution is 9.10. The second-order valence-corrected chi connectivity index (χ2v) is 8.93. The molecule has 142 valence electrons. The number of fused-ring (bicyclic) bond motifs is 3. The molecule has 1 fully saturated rings. The molecule has 2 atom stereocenters. The van der Waals surface area contributed by atoms with E-state index < -0.39 is 38.9 Å². The maximum atomic E-state index is 14.7. The summed E-state index contributed by atoms with van der Waals surface area (Å²) in [6.07, 6.45) is 0.777. The molecule has 1 saturated carbocycles.